The Morgan fingerprint density at radius 3 is 2.47 bits per heavy atom. The summed E-state index contributed by atoms with van der Waals surface area (Å²) < 4.78 is 16.5. The molecule has 4 rings (SSSR count). The van der Waals surface area contributed by atoms with Crippen LogP contribution in [0.4, 0.5) is 5.69 Å². The van der Waals surface area contributed by atoms with Gasteiger partial charge in [0.1, 0.15) is 15.8 Å². The Morgan fingerprint density at radius 1 is 1.06 bits per heavy atom. The van der Waals surface area contributed by atoms with Gasteiger partial charge in [-0.05, 0) is 56.0 Å². The Kier molecular flexibility index (Phi) is 8.15. The summed E-state index contributed by atoms with van der Waals surface area (Å²) in [6.07, 6.45) is 2.18. The highest BCUT2D eigenvalue weighted by molar-refractivity contribution is 7.17. The van der Waals surface area contributed by atoms with E-state index in [4.69, 9.17) is 19.9 Å². The number of nitrogen functional groups attached to an aromatic ring is 1. The number of ether oxygens (including phenoxy) is 3. The summed E-state index contributed by atoms with van der Waals surface area (Å²) in [5, 5.41) is 10.8. The Labute approximate surface area is 205 Å². The van der Waals surface area contributed by atoms with Gasteiger partial charge in [0, 0.05) is 44.5 Å². The molecule has 1 heterocycles. The predicted octanol–water partition coefficient (Wildman–Crippen LogP) is 4.82. The molecule has 0 saturated carbocycles. The molecular weight excluding hydrogens is 448 g/mol. The molecule has 2 N–H and O–H groups in total. The Balaban J connectivity index is 1.59. The van der Waals surface area contributed by atoms with Gasteiger partial charge in [0.2, 0.25) is 0 Å². The van der Waals surface area contributed by atoms with Crippen molar-refractivity contribution in [1.29, 1.82) is 0 Å². The van der Waals surface area contributed by atoms with Crippen LogP contribution < -0.4 is 10.5 Å². The summed E-state index contributed by atoms with van der Waals surface area (Å²) in [5.41, 5.74) is 11.7. The molecule has 0 fully saturated rings. The fraction of sp³-hybridized carbons (Fsp3) is 0.462. The van der Waals surface area contributed by atoms with Crippen LogP contribution in [0.25, 0.3) is 21.1 Å². The highest BCUT2D eigenvalue weighted by Crippen LogP contribution is 2.42. The van der Waals surface area contributed by atoms with E-state index in [0.717, 1.165) is 41.5 Å². The van der Waals surface area contributed by atoms with Crippen molar-refractivity contribution in [3.63, 3.8) is 0 Å². The van der Waals surface area contributed by atoms with Crippen molar-refractivity contribution in [2.45, 2.75) is 38.8 Å². The molecule has 0 saturated heterocycles. The molecule has 34 heavy (non-hydrogen) atoms. The first-order chi connectivity index (χ1) is 16.5. The van der Waals surface area contributed by atoms with Gasteiger partial charge >= 0.3 is 0 Å². The lowest BCUT2D eigenvalue weighted by molar-refractivity contribution is 0.0872. The molecule has 1 atom stereocenters. The van der Waals surface area contributed by atoms with E-state index in [9.17, 15) is 0 Å². The third kappa shape index (κ3) is 5.41. The lowest BCUT2D eigenvalue weighted by atomic mass is 10.0. The average molecular weight is 483 g/mol. The monoisotopic (exact) mass is 482 g/mol. The zero-order chi connectivity index (χ0) is 24.1. The van der Waals surface area contributed by atoms with Gasteiger partial charge in [-0.2, -0.15) is 0 Å². The van der Waals surface area contributed by atoms with Gasteiger partial charge in [-0.3, -0.25) is 4.90 Å². The van der Waals surface area contributed by atoms with Crippen LogP contribution in [0.2, 0.25) is 0 Å². The summed E-state index contributed by atoms with van der Waals surface area (Å²) >= 11 is 1.60. The van der Waals surface area contributed by atoms with Gasteiger partial charge < -0.3 is 19.9 Å². The van der Waals surface area contributed by atoms with Crippen LogP contribution >= 0.6 is 11.3 Å². The summed E-state index contributed by atoms with van der Waals surface area (Å²) in [7, 11) is 3.50. The van der Waals surface area contributed by atoms with Gasteiger partial charge in [-0.1, -0.05) is 29.5 Å². The molecule has 1 aromatic heterocycles. The molecule has 1 aliphatic rings. The first-order valence-electron chi connectivity index (χ1n) is 11.8. The third-order valence-electron chi connectivity index (χ3n) is 6.12. The van der Waals surface area contributed by atoms with Crippen LogP contribution in [0.3, 0.4) is 0 Å². The summed E-state index contributed by atoms with van der Waals surface area (Å²) in [6.45, 7) is 7.16. The molecule has 2 aromatic carbocycles. The molecule has 0 aliphatic heterocycles. The maximum absolute atomic E-state index is 6.22. The quantitative estimate of drug-likeness (QED) is 0.392. The third-order valence-corrected chi connectivity index (χ3v) is 7.13. The van der Waals surface area contributed by atoms with Gasteiger partial charge in [0.15, 0.2) is 0 Å². The van der Waals surface area contributed by atoms with Crippen molar-refractivity contribution in [1.82, 2.24) is 15.1 Å². The molecule has 182 valence electrons. The van der Waals surface area contributed by atoms with E-state index in [-0.39, 0.29) is 6.10 Å². The zero-order valence-corrected chi connectivity index (χ0v) is 21.2. The zero-order valence-electron chi connectivity index (χ0n) is 20.4. The van der Waals surface area contributed by atoms with Crippen molar-refractivity contribution < 1.29 is 14.2 Å². The minimum Gasteiger partial charge on any atom is -0.489 e. The second kappa shape index (κ2) is 11.3. The minimum absolute atomic E-state index is 0.0743. The van der Waals surface area contributed by atoms with Crippen LogP contribution in [0.15, 0.2) is 36.4 Å². The number of aromatic nitrogens is 2. The van der Waals surface area contributed by atoms with E-state index in [1.165, 1.54) is 16.7 Å². The van der Waals surface area contributed by atoms with E-state index in [0.29, 0.717) is 30.7 Å². The van der Waals surface area contributed by atoms with Crippen molar-refractivity contribution in [2.24, 2.45) is 0 Å². The van der Waals surface area contributed by atoms with Gasteiger partial charge in [0.25, 0.3) is 0 Å². The van der Waals surface area contributed by atoms with Crippen molar-refractivity contribution in [3.05, 3.63) is 47.5 Å². The lowest BCUT2D eigenvalue weighted by Crippen LogP contribution is -2.33. The fourth-order valence-corrected chi connectivity index (χ4v) is 5.44. The number of fused-ring (bicyclic) bond motifs is 1. The molecular formula is C26H34N4O3S. The molecule has 1 aliphatic carbocycles. The van der Waals surface area contributed by atoms with Crippen LogP contribution in [-0.4, -0.2) is 61.7 Å². The standard InChI is InChI=1S/C26H34N4O3S/c1-17(2)33-24-11-8-18(16-22(24)27)25-28-29-26(34-25)21-7-5-6-20-19(21)9-10-23(20)30(12-14-31-3)13-15-32-4/h5-8,11,16-17,23H,9-10,12-15,27H2,1-4H3. The number of anilines is 1. The van der Waals surface area contributed by atoms with E-state index in [1.54, 1.807) is 25.6 Å². The summed E-state index contributed by atoms with van der Waals surface area (Å²) in [6, 6.07) is 12.7. The molecule has 1 unspecified atom stereocenters. The number of benzene rings is 2. The SMILES string of the molecule is COCCN(CCOC)C1CCc2c(-c3nnc(-c4ccc(OC(C)C)c(N)c4)s3)cccc21. The molecule has 3 aromatic rings. The lowest BCUT2D eigenvalue weighted by Gasteiger charge is -2.29. The highest BCUT2D eigenvalue weighted by atomic mass is 32.1. The molecule has 0 bridgehead atoms. The number of hydrogen-bond donors (Lipinski definition) is 1. The van der Waals surface area contributed by atoms with E-state index in [2.05, 4.69) is 33.3 Å². The topological polar surface area (TPSA) is 82.7 Å². The molecule has 0 radical (unpaired) electrons. The first kappa shape index (κ1) is 24.6. The van der Waals surface area contributed by atoms with Crippen LogP contribution in [0.1, 0.15) is 37.4 Å². The fourth-order valence-electron chi connectivity index (χ4n) is 4.54. The summed E-state index contributed by atoms with van der Waals surface area (Å²) in [4.78, 5) is 2.47. The molecule has 0 spiro atoms. The number of nitrogens with zero attached hydrogens (tertiary/aromatic N) is 3. The van der Waals surface area contributed by atoms with E-state index < -0.39 is 0 Å². The van der Waals surface area contributed by atoms with Crippen molar-refractivity contribution in [2.75, 3.05) is 46.3 Å². The van der Waals surface area contributed by atoms with Gasteiger partial charge in [0.05, 0.1) is 25.0 Å². The second-order valence-electron chi connectivity index (χ2n) is 8.78. The van der Waals surface area contributed by atoms with E-state index in [1.807, 2.05) is 32.0 Å². The first-order valence-corrected chi connectivity index (χ1v) is 12.6. The van der Waals surface area contributed by atoms with Crippen LogP contribution in [0, 0.1) is 0 Å². The van der Waals surface area contributed by atoms with Gasteiger partial charge in [-0.15, -0.1) is 10.2 Å². The maximum Gasteiger partial charge on any atom is 0.148 e. The maximum atomic E-state index is 6.22. The highest BCUT2D eigenvalue weighted by Gasteiger charge is 2.30. The largest absolute Gasteiger partial charge is 0.489 e. The summed E-state index contributed by atoms with van der Waals surface area (Å²) in [5.74, 6) is 0.696. The number of nitrogens with two attached hydrogens (primary N) is 1. The number of rotatable bonds is 11. The Bertz CT molecular complexity index is 1090. The predicted molar refractivity (Wildman–Crippen MR) is 137 cm³/mol. The number of methoxy groups -OCH3 is 2. The molecule has 7 nitrogen and oxygen atoms in total. The number of hydrogen-bond acceptors (Lipinski definition) is 8. The average Bonchev–Trinajstić information content (AvgIpc) is 3.48. The van der Waals surface area contributed by atoms with Gasteiger partial charge in [-0.25, -0.2) is 0 Å². The molecule has 0 amide bonds. The van der Waals surface area contributed by atoms with Crippen LogP contribution in [-0.2, 0) is 15.9 Å². The minimum atomic E-state index is 0.0743. The van der Waals surface area contributed by atoms with E-state index >= 15 is 0 Å². The normalized spacial score (nSPS) is 15.3. The smallest absolute Gasteiger partial charge is 0.148 e. The Morgan fingerprint density at radius 2 is 1.79 bits per heavy atom. The second-order valence-corrected chi connectivity index (χ2v) is 9.76. The van der Waals surface area contributed by atoms with Crippen LogP contribution in [0.5, 0.6) is 5.75 Å². The Hall–Kier alpha value is -2.52. The van der Waals surface area contributed by atoms with Crippen molar-refractivity contribution in [3.8, 4) is 26.9 Å². The molecule has 8 heteroatoms. The van der Waals surface area contributed by atoms with Crippen molar-refractivity contribution >= 4 is 17.0 Å².